The minimum absolute atomic E-state index is 0.123. The molecular formula is C24H26F3N3O4S. The fourth-order valence-electron chi connectivity index (χ4n) is 5.35. The number of carbonyl (C=O) groups is 1. The van der Waals surface area contributed by atoms with Crippen molar-refractivity contribution in [2.24, 2.45) is 0 Å². The molecule has 2 heterocycles. The average molecular weight is 510 g/mol. The van der Waals surface area contributed by atoms with E-state index in [-0.39, 0.29) is 30.4 Å². The Kier molecular flexibility index (Phi) is 5.74. The fourth-order valence-corrected chi connectivity index (χ4v) is 6.60. The molecule has 0 radical (unpaired) electrons. The number of hydrogen-bond acceptors (Lipinski definition) is 4. The van der Waals surface area contributed by atoms with E-state index in [9.17, 15) is 22.7 Å². The van der Waals surface area contributed by atoms with Gasteiger partial charge in [0.1, 0.15) is 17.2 Å². The van der Waals surface area contributed by atoms with E-state index in [1.54, 1.807) is 12.1 Å². The number of fused-ring (bicyclic) bond motifs is 1. The van der Waals surface area contributed by atoms with Crippen molar-refractivity contribution in [1.29, 1.82) is 0 Å². The highest BCUT2D eigenvalue weighted by Gasteiger charge is 2.62. The van der Waals surface area contributed by atoms with Gasteiger partial charge in [-0.25, -0.2) is 13.2 Å². The monoisotopic (exact) mass is 509 g/mol. The summed E-state index contributed by atoms with van der Waals surface area (Å²) in [4.78, 5) is 14.4. The second-order valence-electron chi connectivity index (χ2n) is 9.77. The van der Waals surface area contributed by atoms with Crippen molar-refractivity contribution in [1.82, 2.24) is 13.9 Å². The van der Waals surface area contributed by atoms with E-state index < -0.39 is 64.2 Å². The zero-order chi connectivity index (χ0) is 25.2. The van der Waals surface area contributed by atoms with Crippen molar-refractivity contribution >= 4 is 16.1 Å². The predicted molar refractivity (Wildman–Crippen MR) is 122 cm³/mol. The summed E-state index contributed by atoms with van der Waals surface area (Å²) in [7, 11) is -2.78. The van der Waals surface area contributed by atoms with E-state index in [2.05, 4.69) is 4.72 Å². The van der Waals surface area contributed by atoms with Gasteiger partial charge in [0.2, 0.25) is 0 Å². The van der Waals surface area contributed by atoms with Gasteiger partial charge in [0.25, 0.3) is 16.1 Å². The summed E-state index contributed by atoms with van der Waals surface area (Å²) in [5.74, 6) is -1.87. The Morgan fingerprint density at radius 2 is 1.89 bits per heavy atom. The first-order valence-corrected chi connectivity index (χ1v) is 12.9. The molecule has 1 amide bonds. The van der Waals surface area contributed by atoms with E-state index in [0.717, 1.165) is 4.31 Å². The molecule has 35 heavy (non-hydrogen) atoms. The lowest BCUT2D eigenvalue weighted by molar-refractivity contribution is -0.161. The third-order valence-corrected chi connectivity index (χ3v) is 8.93. The molecule has 1 aliphatic carbocycles. The van der Waals surface area contributed by atoms with Gasteiger partial charge in [-0.1, -0.05) is 30.3 Å². The maximum atomic E-state index is 16.1. The SMILES string of the molecule is CN1CC2(F)CN(C(=O)C3(O)CCC3)[C@@H](Cc3cccc(-c4cccc(F)c4)c3F)[C@H]2NS1(=O)=O. The molecule has 2 saturated heterocycles. The van der Waals surface area contributed by atoms with Crippen LogP contribution in [0, 0.1) is 11.6 Å². The molecule has 3 fully saturated rings. The lowest BCUT2D eigenvalue weighted by Crippen LogP contribution is -2.65. The lowest BCUT2D eigenvalue weighted by Gasteiger charge is -2.40. The maximum absolute atomic E-state index is 16.1. The molecular weight excluding hydrogens is 483 g/mol. The van der Waals surface area contributed by atoms with Crippen LogP contribution >= 0.6 is 0 Å². The highest BCUT2D eigenvalue weighted by atomic mass is 32.2. The van der Waals surface area contributed by atoms with Crippen LogP contribution in [-0.4, -0.2) is 72.1 Å². The molecule has 0 spiro atoms. The van der Waals surface area contributed by atoms with Crippen molar-refractivity contribution in [3.8, 4) is 11.1 Å². The van der Waals surface area contributed by atoms with E-state index in [4.69, 9.17) is 0 Å². The maximum Gasteiger partial charge on any atom is 0.279 e. The zero-order valence-corrected chi connectivity index (χ0v) is 19.9. The molecule has 2 aromatic rings. The number of carbonyl (C=O) groups excluding carboxylic acids is 1. The molecule has 0 bridgehead atoms. The third-order valence-electron chi connectivity index (χ3n) is 7.43. The Morgan fingerprint density at radius 1 is 1.17 bits per heavy atom. The van der Waals surface area contributed by atoms with Crippen LogP contribution in [-0.2, 0) is 21.4 Å². The third kappa shape index (κ3) is 4.04. The summed E-state index contributed by atoms with van der Waals surface area (Å²) in [6.45, 7) is -0.904. The lowest BCUT2D eigenvalue weighted by atomic mass is 9.79. The van der Waals surface area contributed by atoms with Gasteiger partial charge in [-0.3, -0.25) is 4.79 Å². The van der Waals surface area contributed by atoms with Gasteiger partial charge < -0.3 is 10.0 Å². The van der Waals surface area contributed by atoms with Gasteiger partial charge in [0, 0.05) is 12.6 Å². The second kappa shape index (κ2) is 8.29. The van der Waals surface area contributed by atoms with Gasteiger partial charge >= 0.3 is 0 Å². The first kappa shape index (κ1) is 24.2. The van der Waals surface area contributed by atoms with E-state index >= 15 is 8.78 Å². The minimum Gasteiger partial charge on any atom is -0.380 e. The van der Waals surface area contributed by atoms with E-state index in [1.807, 2.05) is 0 Å². The number of likely N-dealkylation sites (tertiary alicyclic amines) is 1. The number of hydrogen-bond donors (Lipinski definition) is 2. The van der Waals surface area contributed by atoms with Gasteiger partial charge in [-0.05, 0) is 48.9 Å². The zero-order valence-electron chi connectivity index (χ0n) is 19.0. The van der Waals surface area contributed by atoms with Gasteiger partial charge in [-0.15, -0.1) is 0 Å². The summed E-state index contributed by atoms with van der Waals surface area (Å²) >= 11 is 0. The van der Waals surface area contributed by atoms with Crippen molar-refractivity contribution < 1.29 is 31.5 Å². The van der Waals surface area contributed by atoms with Crippen molar-refractivity contribution in [3.63, 3.8) is 0 Å². The summed E-state index contributed by atoms with van der Waals surface area (Å²) in [6, 6.07) is 7.58. The number of amides is 1. The highest BCUT2D eigenvalue weighted by molar-refractivity contribution is 7.87. The van der Waals surface area contributed by atoms with Crippen molar-refractivity contribution in [3.05, 3.63) is 59.7 Å². The van der Waals surface area contributed by atoms with Crippen LogP contribution in [0.15, 0.2) is 42.5 Å². The van der Waals surface area contributed by atoms with Gasteiger partial charge in [-0.2, -0.15) is 17.4 Å². The Balaban J connectivity index is 1.54. The van der Waals surface area contributed by atoms with Crippen LogP contribution < -0.4 is 4.72 Å². The normalized spacial score (nSPS) is 29.5. The molecule has 0 aromatic heterocycles. The molecule has 1 saturated carbocycles. The van der Waals surface area contributed by atoms with Gasteiger partial charge in [0.15, 0.2) is 5.67 Å². The Labute approximate surface area is 201 Å². The van der Waals surface area contributed by atoms with Crippen LogP contribution in [0.1, 0.15) is 24.8 Å². The standard InChI is InChI=1S/C24H26F3N3O4S/c1-29-13-23(27)14-30(22(31)24(32)9-4-10-24)19(21(23)28-35(29,33)34)12-16-6-3-8-18(20(16)26)15-5-2-7-17(25)11-15/h2-3,5-8,11,19,21,28,32H,4,9-10,12-14H2,1H3/t19-,21+,23?/m0/s1. The van der Waals surface area contributed by atoms with Crippen LogP contribution in [0.4, 0.5) is 13.2 Å². The number of halogens is 3. The summed E-state index contributed by atoms with van der Waals surface area (Å²) in [6.07, 6.45) is 0.909. The van der Waals surface area contributed by atoms with Crippen LogP contribution in [0.2, 0.25) is 0 Å². The van der Waals surface area contributed by atoms with Crippen LogP contribution in [0.3, 0.4) is 0 Å². The Morgan fingerprint density at radius 3 is 2.54 bits per heavy atom. The number of nitrogens with one attached hydrogen (secondary N) is 1. The molecule has 2 N–H and O–H groups in total. The quantitative estimate of drug-likeness (QED) is 0.661. The van der Waals surface area contributed by atoms with Crippen molar-refractivity contribution in [2.75, 3.05) is 20.1 Å². The second-order valence-corrected chi connectivity index (χ2v) is 11.6. The number of nitrogens with zero attached hydrogens (tertiary/aromatic N) is 2. The van der Waals surface area contributed by atoms with E-state index in [0.29, 0.717) is 12.0 Å². The Bertz CT molecular complexity index is 1290. The van der Waals surface area contributed by atoms with E-state index in [1.165, 1.54) is 42.3 Å². The molecule has 3 atom stereocenters. The number of rotatable bonds is 4. The summed E-state index contributed by atoms with van der Waals surface area (Å²) in [5.41, 5.74) is -3.19. The molecule has 2 aliphatic heterocycles. The molecule has 3 aliphatic rings. The molecule has 5 rings (SSSR count). The first-order valence-electron chi connectivity index (χ1n) is 11.4. The number of alkyl halides is 1. The fraction of sp³-hybridized carbons (Fsp3) is 0.458. The number of aliphatic hydroxyl groups is 1. The molecule has 7 nitrogen and oxygen atoms in total. The predicted octanol–water partition coefficient (Wildman–Crippen LogP) is 2.16. The van der Waals surface area contributed by atoms with Gasteiger partial charge in [0.05, 0.1) is 25.2 Å². The summed E-state index contributed by atoms with van der Waals surface area (Å²) in [5, 5.41) is 10.7. The molecule has 188 valence electrons. The summed E-state index contributed by atoms with van der Waals surface area (Å²) < 4.78 is 73.7. The van der Waals surface area contributed by atoms with Crippen LogP contribution in [0.5, 0.6) is 0 Å². The molecule has 2 aromatic carbocycles. The number of benzene rings is 2. The molecule has 11 heteroatoms. The average Bonchev–Trinajstić information content (AvgIpc) is 3.04. The molecule has 1 unspecified atom stereocenters. The highest BCUT2D eigenvalue weighted by Crippen LogP contribution is 2.42. The largest absolute Gasteiger partial charge is 0.380 e. The van der Waals surface area contributed by atoms with Crippen molar-refractivity contribution in [2.45, 2.75) is 49.0 Å². The Hall–Kier alpha value is -2.47. The minimum atomic E-state index is -4.01. The smallest absolute Gasteiger partial charge is 0.279 e. The first-order chi connectivity index (χ1) is 16.4. The topological polar surface area (TPSA) is 89.9 Å². The van der Waals surface area contributed by atoms with Crippen LogP contribution in [0.25, 0.3) is 11.1 Å².